The van der Waals surface area contributed by atoms with Gasteiger partial charge in [-0.1, -0.05) is 11.6 Å². The maximum Gasteiger partial charge on any atom is 0.271 e. The van der Waals surface area contributed by atoms with Crippen LogP contribution < -0.4 is 5.32 Å². The highest BCUT2D eigenvalue weighted by Gasteiger charge is 2.23. The lowest BCUT2D eigenvalue weighted by Gasteiger charge is -2.32. The van der Waals surface area contributed by atoms with Crippen LogP contribution in [0, 0.1) is 0 Å². The fourth-order valence-electron chi connectivity index (χ4n) is 2.84. The highest BCUT2D eigenvalue weighted by atomic mass is 35.5. The number of nitrogens with zero attached hydrogens (tertiary/aromatic N) is 3. The van der Waals surface area contributed by atoms with E-state index in [1.807, 2.05) is 16.9 Å². The highest BCUT2D eigenvalue weighted by Crippen LogP contribution is 2.26. The molecule has 118 valence electrons. The summed E-state index contributed by atoms with van der Waals surface area (Å²) in [5.74, 6) is -0.139. The standard InChI is InChI=1S/C15H19ClN4OS/c1-17-15(21)13-6-8-20(18-13)11-3-2-7-19(9-11)10-12-4-5-14(16)22-12/h4-6,8,11H,2-3,7,9-10H2,1H3,(H,17,21)/t11-/m0/s1. The predicted octanol–water partition coefficient (Wildman–Crippen LogP) is 2.79. The number of hydrogen-bond donors (Lipinski definition) is 1. The van der Waals surface area contributed by atoms with Crippen LogP contribution in [0.3, 0.4) is 0 Å². The highest BCUT2D eigenvalue weighted by molar-refractivity contribution is 7.16. The van der Waals surface area contributed by atoms with Crippen LogP contribution in [0.15, 0.2) is 24.4 Å². The summed E-state index contributed by atoms with van der Waals surface area (Å²) in [7, 11) is 1.62. The van der Waals surface area contributed by atoms with Gasteiger partial charge in [0.25, 0.3) is 5.91 Å². The fraction of sp³-hybridized carbons (Fsp3) is 0.467. The van der Waals surface area contributed by atoms with Crippen LogP contribution in [0.1, 0.15) is 34.2 Å². The zero-order valence-corrected chi connectivity index (χ0v) is 14.0. The van der Waals surface area contributed by atoms with E-state index in [2.05, 4.69) is 21.4 Å². The molecule has 3 rings (SSSR count). The minimum absolute atomic E-state index is 0.139. The number of amides is 1. The quantitative estimate of drug-likeness (QED) is 0.932. The molecule has 7 heteroatoms. The number of carbonyl (C=O) groups is 1. The van der Waals surface area contributed by atoms with Crippen molar-refractivity contribution < 1.29 is 4.79 Å². The molecule has 0 saturated carbocycles. The molecule has 0 bridgehead atoms. The van der Waals surface area contributed by atoms with Crippen LogP contribution in [0.5, 0.6) is 0 Å². The number of carbonyl (C=O) groups excluding carboxylic acids is 1. The zero-order valence-electron chi connectivity index (χ0n) is 12.5. The minimum Gasteiger partial charge on any atom is -0.354 e. The first kappa shape index (κ1) is 15.5. The molecule has 1 aliphatic heterocycles. The Morgan fingerprint density at radius 1 is 1.50 bits per heavy atom. The van der Waals surface area contributed by atoms with Gasteiger partial charge in [-0.3, -0.25) is 14.4 Å². The number of hydrogen-bond acceptors (Lipinski definition) is 4. The van der Waals surface area contributed by atoms with Crippen molar-refractivity contribution >= 4 is 28.8 Å². The predicted molar refractivity (Wildman–Crippen MR) is 88.5 cm³/mol. The molecule has 22 heavy (non-hydrogen) atoms. The van der Waals surface area contributed by atoms with Crippen LogP contribution in [0.4, 0.5) is 0 Å². The van der Waals surface area contributed by atoms with E-state index in [-0.39, 0.29) is 5.91 Å². The molecular formula is C15H19ClN4OS. The minimum atomic E-state index is -0.139. The molecule has 0 aromatic carbocycles. The number of nitrogens with one attached hydrogen (secondary N) is 1. The normalized spacial score (nSPS) is 19.3. The van der Waals surface area contributed by atoms with Gasteiger partial charge in [-0.05, 0) is 37.6 Å². The second-order valence-corrected chi connectivity index (χ2v) is 7.30. The average molecular weight is 339 g/mol. The summed E-state index contributed by atoms with van der Waals surface area (Å²) in [4.78, 5) is 15.3. The Morgan fingerprint density at radius 2 is 2.36 bits per heavy atom. The molecule has 5 nitrogen and oxygen atoms in total. The smallest absolute Gasteiger partial charge is 0.271 e. The third kappa shape index (κ3) is 3.51. The molecule has 1 atom stereocenters. The fourth-order valence-corrected chi connectivity index (χ4v) is 3.97. The van der Waals surface area contributed by atoms with Gasteiger partial charge in [0.05, 0.1) is 10.4 Å². The second kappa shape index (κ2) is 6.81. The number of rotatable bonds is 4. The van der Waals surface area contributed by atoms with Crippen molar-refractivity contribution in [3.8, 4) is 0 Å². The largest absolute Gasteiger partial charge is 0.354 e. The number of aromatic nitrogens is 2. The molecule has 0 radical (unpaired) electrons. The molecule has 2 aromatic heterocycles. The van der Waals surface area contributed by atoms with Crippen molar-refractivity contribution in [2.75, 3.05) is 20.1 Å². The Morgan fingerprint density at radius 3 is 3.09 bits per heavy atom. The van der Waals surface area contributed by atoms with Crippen molar-refractivity contribution in [2.45, 2.75) is 25.4 Å². The molecule has 2 aromatic rings. The molecule has 1 N–H and O–H groups in total. The van der Waals surface area contributed by atoms with E-state index in [9.17, 15) is 4.79 Å². The monoisotopic (exact) mass is 338 g/mol. The van der Waals surface area contributed by atoms with Crippen LogP contribution in [0.2, 0.25) is 4.34 Å². The van der Waals surface area contributed by atoms with Gasteiger partial charge in [0.1, 0.15) is 5.69 Å². The first-order chi connectivity index (χ1) is 10.7. The average Bonchev–Trinajstić information content (AvgIpc) is 3.16. The van der Waals surface area contributed by atoms with E-state index in [1.54, 1.807) is 24.5 Å². The topological polar surface area (TPSA) is 50.2 Å². The Labute approximate surface area is 138 Å². The molecule has 1 fully saturated rings. The molecular weight excluding hydrogens is 320 g/mol. The van der Waals surface area contributed by atoms with Crippen LogP contribution in [0.25, 0.3) is 0 Å². The van der Waals surface area contributed by atoms with Crippen molar-refractivity contribution in [3.63, 3.8) is 0 Å². The van der Waals surface area contributed by atoms with Crippen molar-refractivity contribution in [1.82, 2.24) is 20.0 Å². The van der Waals surface area contributed by atoms with E-state index >= 15 is 0 Å². The molecule has 3 heterocycles. The van der Waals surface area contributed by atoms with Gasteiger partial charge in [-0.25, -0.2) is 0 Å². The van der Waals surface area contributed by atoms with Crippen LogP contribution in [-0.2, 0) is 6.54 Å². The molecule has 1 aliphatic rings. The number of piperidine rings is 1. The zero-order chi connectivity index (χ0) is 15.5. The number of thiophene rings is 1. The van der Waals surface area contributed by atoms with Gasteiger partial charge in [0, 0.05) is 31.2 Å². The summed E-state index contributed by atoms with van der Waals surface area (Å²) >= 11 is 7.63. The van der Waals surface area contributed by atoms with Gasteiger partial charge < -0.3 is 5.32 Å². The third-order valence-electron chi connectivity index (χ3n) is 3.93. The van der Waals surface area contributed by atoms with Crippen molar-refractivity contribution in [2.24, 2.45) is 0 Å². The van der Waals surface area contributed by atoms with E-state index in [4.69, 9.17) is 11.6 Å². The molecule has 0 spiro atoms. The SMILES string of the molecule is CNC(=O)c1ccn([C@H]2CCCN(Cc3ccc(Cl)s3)C2)n1. The first-order valence-electron chi connectivity index (χ1n) is 7.39. The maximum atomic E-state index is 11.6. The Hall–Kier alpha value is -1.37. The first-order valence-corrected chi connectivity index (χ1v) is 8.59. The molecule has 1 saturated heterocycles. The summed E-state index contributed by atoms with van der Waals surface area (Å²) in [5.41, 5.74) is 0.477. The molecule has 0 unspecified atom stereocenters. The summed E-state index contributed by atoms with van der Waals surface area (Å²) in [5, 5.41) is 7.01. The van der Waals surface area contributed by atoms with Gasteiger partial charge in [0.15, 0.2) is 0 Å². The molecule has 1 amide bonds. The summed E-state index contributed by atoms with van der Waals surface area (Å²) in [6, 6.07) is 6.14. The number of halogens is 1. The van der Waals surface area contributed by atoms with E-state index in [1.165, 1.54) is 4.88 Å². The second-order valence-electron chi connectivity index (χ2n) is 5.50. The third-order valence-corrected chi connectivity index (χ3v) is 5.15. The van der Waals surface area contributed by atoms with Crippen molar-refractivity contribution in [3.05, 3.63) is 39.3 Å². The number of likely N-dealkylation sites (tertiary alicyclic amines) is 1. The lowest BCUT2D eigenvalue weighted by Crippen LogP contribution is -2.36. The van der Waals surface area contributed by atoms with E-state index < -0.39 is 0 Å². The summed E-state index contributed by atoms with van der Waals surface area (Å²) in [6.07, 6.45) is 4.14. The van der Waals surface area contributed by atoms with Gasteiger partial charge in [-0.15, -0.1) is 11.3 Å². The van der Waals surface area contributed by atoms with Gasteiger partial charge >= 0.3 is 0 Å². The Balaban J connectivity index is 1.65. The maximum absolute atomic E-state index is 11.6. The van der Waals surface area contributed by atoms with Crippen LogP contribution >= 0.6 is 22.9 Å². The summed E-state index contributed by atoms with van der Waals surface area (Å²) in [6.45, 7) is 2.97. The Bertz CT molecular complexity index is 654. The molecule has 0 aliphatic carbocycles. The van der Waals surface area contributed by atoms with Gasteiger partial charge in [-0.2, -0.15) is 5.10 Å². The lowest BCUT2D eigenvalue weighted by atomic mass is 10.1. The lowest BCUT2D eigenvalue weighted by molar-refractivity contribution is 0.0955. The van der Waals surface area contributed by atoms with Crippen LogP contribution in [-0.4, -0.2) is 40.7 Å². The van der Waals surface area contributed by atoms with Gasteiger partial charge in [0.2, 0.25) is 0 Å². The van der Waals surface area contributed by atoms with E-state index in [0.717, 1.165) is 36.8 Å². The van der Waals surface area contributed by atoms with E-state index in [0.29, 0.717) is 11.7 Å². The Kier molecular flexibility index (Phi) is 4.81. The summed E-state index contributed by atoms with van der Waals surface area (Å²) < 4.78 is 2.77. The van der Waals surface area contributed by atoms with Crippen molar-refractivity contribution in [1.29, 1.82) is 0 Å².